The highest BCUT2D eigenvalue weighted by atomic mass is 35.5. The van der Waals surface area contributed by atoms with Crippen LogP contribution in [-0.2, 0) is 6.42 Å². The number of halogens is 2. The zero-order valence-electron chi connectivity index (χ0n) is 10.9. The van der Waals surface area contributed by atoms with Crippen LogP contribution in [0.1, 0.15) is 31.2 Å². The number of nitrogens with one attached hydrogen (secondary N) is 1. The van der Waals surface area contributed by atoms with Gasteiger partial charge in [0.05, 0.1) is 5.02 Å². The van der Waals surface area contributed by atoms with Crippen molar-refractivity contribution in [2.24, 2.45) is 23.6 Å². The Labute approximate surface area is 118 Å². The first kappa shape index (κ1) is 13.3. The molecular formula is C15H20ClFN2. The Hall–Kier alpha value is -0.640. The average molecular weight is 283 g/mol. The van der Waals surface area contributed by atoms with Gasteiger partial charge in [0.2, 0.25) is 0 Å². The first-order chi connectivity index (χ1) is 9.19. The second kappa shape index (κ2) is 5.39. The summed E-state index contributed by atoms with van der Waals surface area (Å²) in [5.74, 6) is 7.68. The molecule has 0 radical (unpaired) electrons. The lowest BCUT2D eigenvalue weighted by molar-refractivity contribution is 0.248. The topological polar surface area (TPSA) is 38.0 Å². The van der Waals surface area contributed by atoms with Gasteiger partial charge >= 0.3 is 0 Å². The van der Waals surface area contributed by atoms with Crippen molar-refractivity contribution in [2.75, 3.05) is 0 Å². The number of hydrazine groups is 1. The van der Waals surface area contributed by atoms with Crippen LogP contribution in [-0.4, -0.2) is 6.04 Å². The summed E-state index contributed by atoms with van der Waals surface area (Å²) in [6, 6.07) is 5.21. The van der Waals surface area contributed by atoms with Gasteiger partial charge in [0.1, 0.15) is 5.82 Å². The van der Waals surface area contributed by atoms with E-state index in [1.54, 1.807) is 6.07 Å². The van der Waals surface area contributed by atoms with Crippen LogP contribution in [0.5, 0.6) is 0 Å². The summed E-state index contributed by atoms with van der Waals surface area (Å²) in [5.41, 5.74) is 3.80. The largest absolute Gasteiger partial charge is 0.271 e. The Bertz CT molecular complexity index is 465. The predicted molar refractivity (Wildman–Crippen MR) is 75.2 cm³/mol. The molecule has 2 saturated carbocycles. The number of fused-ring (bicyclic) bond motifs is 2. The first-order valence-corrected chi connectivity index (χ1v) is 7.46. The fourth-order valence-corrected chi connectivity index (χ4v) is 4.27. The summed E-state index contributed by atoms with van der Waals surface area (Å²) in [6.07, 6.45) is 6.01. The fraction of sp³-hybridized carbons (Fsp3) is 0.600. The van der Waals surface area contributed by atoms with E-state index in [0.29, 0.717) is 12.3 Å². The molecule has 2 aliphatic rings. The van der Waals surface area contributed by atoms with Gasteiger partial charge in [-0.1, -0.05) is 30.2 Å². The number of nitrogens with two attached hydrogens (primary N) is 1. The summed E-state index contributed by atoms with van der Waals surface area (Å²) in [5, 5.41) is 0.242. The van der Waals surface area contributed by atoms with E-state index in [9.17, 15) is 4.39 Å². The minimum absolute atomic E-state index is 0.203. The Balaban J connectivity index is 1.75. The number of hydrogen-bond acceptors (Lipinski definition) is 2. The maximum atomic E-state index is 13.5. The van der Waals surface area contributed by atoms with Crippen LogP contribution in [0.2, 0.25) is 5.02 Å². The molecule has 4 heteroatoms. The summed E-state index contributed by atoms with van der Waals surface area (Å²) in [7, 11) is 0. The van der Waals surface area contributed by atoms with Gasteiger partial charge in [-0.25, -0.2) is 4.39 Å². The summed E-state index contributed by atoms with van der Waals surface area (Å²) in [4.78, 5) is 0. The van der Waals surface area contributed by atoms with Crippen LogP contribution in [0.25, 0.3) is 0 Å². The number of benzene rings is 1. The zero-order valence-corrected chi connectivity index (χ0v) is 11.7. The molecule has 0 amide bonds. The SMILES string of the molecule is NNC(Cc1cccc(F)c1Cl)C1CC2CCC1C2. The first-order valence-electron chi connectivity index (χ1n) is 7.08. The quantitative estimate of drug-likeness (QED) is 0.657. The van der Waals surface area contributed by atoms with Crippen LogP contribution < -0.4 is 11.3 Å². The molecule has 1 aromatic carbocycles. The van der Waals surface area contributed by atoms with Crippen LogP contribution in [0.4, 0.5) is 4.39 Å². The van der Waals surface area contributed by atoms with Gasteiger partial charge in [-0.15, -0.1) is 0 Å². The molecule has 3 N–H and O–H groups in total. The molecule has 3 rings (SSSR count). The highest BCUT2D eigenvalue weighted by Gasteiger charge is 2.42. The summed E-state index contributed by atoms with van der Waals surface area (Å²) < 4.78 is 13.5. The van der Waals surface area contributed by atoms with Crippen LogP contribution >= 0.6 is 11.6 Å². The van der Waals surface area contributed by atoms with Crippen molar-refractivity contribution in [2.45, 2.75) is 38.1 Å². The Kier molecular flexibility index (Phi) is 3.79. The molecule has 2 aliphatic carbocycles. The van der Waals surface area contributed by atoms with Gasteiger partial charge in [0.15, 0.2) is 0 Å². The van der Waals surface area contributed by atoms with E-state index in [1.807, 2.05) is 6.07 Å². The molecule has 1 aromatic rings. The zero-order chi connectivity index (χ0) is 13.4. The van der Waals surface area contributed by atoms with Gasteiger partial charge < -0.3 is 0 Å². The Morgan fingerprint density at radius 3 is 2.84 bits per heavy atom. The lowest BCUT2D eigenvalue weighted by Gasteiger charge is -2.30. The van der Waals surface area contributed by atoms with Gasteiger partial charge in [-0.05, 0) is 55.1 Å². The van der Waals surface area contributed by atoms with E-state index < -0.39 is 0 Å². The van der Waals surface area contributed by atoms with E-state index in [4.69, 9.17) is 17.4 Å². The van der Waals surface area contributed by atoms with Crippen LogP contribution in [0, 0.1) is 23.6 Å². The molecule has 2 nitrogen and oxygen atoms in total. The fourth-order valence-electron chi connectivity index (χ4n) is 4.06. The van der Waals surface area contributed by atoms with E-state index in [0.717, 1.165) is 17.4 Å². The van der Waals surface area contributed by atoms with Crippen molar-refractivity contribution in [3.63, 3.8) is 0 Å². The van der Waals surface area contributed by atoms with Crippen molar-refractivity contribution in [1.82, 2.24) is 5.43 Å². The van der Waals surface area contributed by atoms with Gasteiger partial charge in [0.25, 0.3) is 0 Å². The van der Waals surface area contributed by atoms with Crippen molar-refractivity contribution < 1.29 is 4.39 Å². The van der Waals surface area contributed by atoms with Crippen LogP contribution in [0.3, 0.4) is 0 Å². The Morgan fingerprint density at radius 1 is 1.37 bits per heavy atom. The van der Waals surface area contributed by atoms with Gasteiger partial charge in [-0.3, -0.25) is 11.3 Å². The smallest absolute Gasteiger partial charge is 0.142 e. The molecule has 2 fully saturated rings. The number of hydrogen-bond donors (Lipinski definition) is 2. The molecule has 0 heterocycles. The minimum Gasteiger partial charge on any atom is -0.271 e. The summed E-state index contributed by atoms with van der Waals surface area (Å²) >= 11 is 6.04. The van der Waals surface area contributed by atoms with Crippen molar-refractivity contribution in [1.29, 1.82) is 0 Å². The van der Waals surface area contributed by atoms with Gasteiger partial charge in [0, 0.05) is 6.04 Å². The third-order valence-corrected chi connectivity index (χ3v) is 5.42. The van der Waals surface area contributed by atoms with Crippen molar-refractivity contribution >= 4 is 11.6 Å². The number of rotatable bonds is 4. The lowest BCUT2D eigenvalue weighted by atomic mass is 9.81. The third kappa shape index (κ3) is 2.51. The maximum absolute atomic E-state index is 13.5. The molecule has 104 valence electrons. The molecule has 2 bridgehead atoms. The second-order valence-corrected chi connectivity index (χ2v) is 6.41. The molecule has 0 aromatic heterocycles. The highest BCUT2D eigenvalue weighted by Crippen LogP contribution is 2.49. The molecule has 0 aliphatic heterocycles. The monoisotopic (exact) mass is 282 g/mol. The molecule has 0 spiro atoms. The van der Waals surface area contributed by atoms with Crippen LogP contribution in [0.15, 0.2) is 18.2 Å². The van der Waals surface area contributed by atoms with Crippen molar-refractivity contribution in [3.05, 3.63) is 34.6 Å². The predicted octanol–water partition coefficient (Wildman–Crippen LogP) is 3.29. The normalized spacial score (nSPS) is 30.8. The molecule has 4 atom stereocenters. The minimum atomic E-state index is -0.345. The molecule has 4 unspecified atom stereocenters. The van der Waals surface area contributed by atoms with E-state index >= 15 is 0 Å². The summed E-state index contributed by atoms with van der Waals surface area (Å²) in [6.45, 7) is 0. The maximum Gasteiger partial charge on any atom is 0.142 e. The average Bonchev–Trinajstić information content (AvgIpc) is 3.03. The standard InChI is InChI=1S/C15H20ClFN2/c16-15-11(2-1-3-13(15)17)8-14(19-18)12-7-9-4-5-10(12)6-9/h1-3,9-10,12,14,19H,4-8,18H2. The molecule has 19 heavy (non-hydrogen) atoms. The van der Waals surface area contributed by atoms with Gasteiger partial charge in [-0.2, -0.15) is 0 Å². The highest BCUT2D eigenvalue weighted by molar-refractivity contribution is 6.31. The van der Waals surface area contributed by atoms with E-state index in [2.05, 4.69) is 5.43 Å². The molecular weight excluding hydrogens is 263 g/mol. The van der Waals surface area contributed by atoms with E-state index in [-0.39, 0.29) is 16.9 Å². The Morgan fingerprint density at radius 2 is 2.21 bits per heavy atom. The van der Waals surface area contributed by atoms with Crippen molar-refractivity contribution in [3.8, 4) is 0 Å². The van der Waals surface area contributed by atoms with E-state index in [1.165, 1.54) is 31.7 Å². The second-order valence-electron chi connectivity index (χ2n) is 6.03. The molecule has 0 saturated heterocycles. The third-order valence-electron chi connectivity index (χ3n) is 5.00. The lowest BCUT2D eigenvalue weighted by Crippen LogP contribution is -2.44.